The Hall–Kier alpha value is -1.82. The average molecular weight is 344 g/mol. The van der Waals surface area contributed by atoms with Crippen LogP contribution in [0.5, 0.6) is 0 Å². The van der Waals surface area contributed by atoms with Crippen molar-refractivity contribution < 1.29 is 9.35 Å². The maximum atomic E-state index is 12.6. The molecule has 0 spiro atoms. The van der Waals surface area contributed by atoms with E-state index in [0.29, 0.717) is 10.6 Å². The molecular weight excluding hydrogens is 320 g/mol. The first-order chi connectivity index (χ1) is 11.5. The molecule has 128 valence electrons. The van der Waals surface area contributed by atoms with E-state index >= 15 is 0 Å². The molecule has 5 heteroatoms. The largest absolute Gasteiger partial charge is 0.606 e. The molecular formula is C19H24N2O2S. The van der Waals surface area contributed by atoms with Gasteiger partial charge in [-0.25, -0.2) is 0 Å². The fourth-order valence-electron chi connectivity index (χ4n) is 2.21. The van der Waals surface area contributed by atoms with Crippen LogP contribution in [0.2, 0.25) is 0 Å². The van der Waals surface area contributed by atoms with Crippen molar-refractivity contribution in [2.75, 3.05) is 5.32 Å². The Balaban J connectivity index is 2.04. The summed E-state index contributed by atoms with van der Waals surface area (Å²) in [6.07, 6.45) is 3.38. The molecule has 24 heavy (non-hydrogen) atoms. The van der Waals surface area contributed by atoms with E-state index in [1.165, 1.54) is 12.0 Å². The zero-order valence-electron chi connectivity index (χ0n) is 14.1. The normalized spacial score (nSPS) is 13.3. The van der Waals surface area contributed by atoms with E-state index < -0.39 is 17.2 Å². The number of hydrogen-bond donors (Lipinski definition) is 2. The van der Waals surface area contributed by atoms with Crippen LogP contribution >= 0.6 is 0 Å². The van der Waals surface area contributed by atoms with Crippen LogP contribution in [0.15, 0.2) is 58.3 Å². The van der Waals surface area contributed by atoms with Gasteiger partial charge in [-0.15, -0.1) is 0 Å². The van der Waals surface area contributed by atoms with Crippen LogP contribution in [-0.2, 0) is 22.4 Å². The van der Waals surface area contributed by atoms with E-state index in [2.05, 4.69) is 12.2 Å². The second-order valence-electron chi connectivity index (χ2n) is 5.82. The predicted molar refractivity (Wildman–Crippen MR) is 98.4 cm³/mol. The molecule has 2 rings (SSSR count). The Morgan fingerprint density at radius 2 is 1.67 bits per heavy atom. The molecule has 0 aliphatic heterocycles. The number of carbonyl (C=O) groups is 1. The Morgan fingerprint density at radius 1 is 1.12 bits per heavy atom. The summed E-state index contributed by atoms with van der Waals surface area (Å²) in [5, 5.41) is 2.71. The van der Waals surface area contributed by atoms with Gasteiger partial charge in [0.05, 0.1) is 6.04 Å². The highest BCUT2D eigenvalue weighted by Gasteiger charge is 2.15. The van der Waals surface area contributed by atoms with Gasteiger partial charge in [0, 0.05) is 16.9 Å². The number of carbonyl (C=O) groups excluding carboxylic acids is 1. The second kappa shape index (κ2) is 8.87. The molecule has 2 aromatic rings. The van der Waals surface area contributed by atoms with Gasteiger partial charge in [0.15, 0.2) is 9.79 Å². The van der Waals surface area contributed by atoms with Crippen molar-refractivity contribution in [3.05, 3.63) is 54.1 Å². The number of benzene rings is 2. The van der Waals surface area contributed by atoms with Gasteiger partial charge in [-0.2, -0.15) is 0 Å². The van der Waals surface area contributed by atoms with E-state index in [-0.39, 0.29) is 5.91 Å². The first-order valence-corrected chi connectivity index (χ1v) is 9.33. The monoisotopic (exact) mass is 344 g/mol. The lowest BCUT2D eigenvalue weighted by Crippen LogP contribution is -2.32. The number of amides is 1. The van der Waals surface area contributed by atoms with E-state index in [1.54, 1.807) is 31.2 Å². The standard InChI is InChI=1S/C19H24N2O2S/c1-3-4-5-15-6-10-17(11-7-15)24(23)18-12-8-16(9-13-18)21-19(22)14(2)20/h6-14H,3-5,20H2,1-2H3,(H,21,22). The molecule has 3 N–H and O–H groups in total. The number of rotatable bonds is 7. The van der Waals surface area contributed by atoms with E-state index in [9.17, 15) is 9.35 Å². The molecule has 0 aliphatic rings. The van der Waals surface area contributed by atoms with Crippen LogP contribution in [0.25, 0.3) is 0 Å². The summed E-state index contributed by atoms with van der Waals surface area (Å²) in [7, 11) is 0. The minimum atomic E-state index is -1.23. The summed E-state index contributed by atoms with van der Waals surface area (Å²) in [5.41, 5.74) is 7.44. The van der Waals surface area contributed by atoms with Gasteiger partial charge in [0.25, 0.3) is 0 Å². The van der Waals surface area contributed by atoms with Gasteiger partial charge in [0.1, 0.15) is 0 Å². The third kappa shape index (κ3) is 5.09. The van der Waals surface area contributed by atoms with Crippen LogP contribution in [0.1, 0.15) is 32.3 Å². The summed E-state index contributed by atoms with van der Waals surface area (Å²) in [4.78, 5) is 13.0. The van der Waals surface area contributed by atoms with Crippen molar-refractivity contribution in [1.82, 2.24) is 0 Å². The van der Waals surface area contributed by atoms with Crippen LogP contribution in [0.4, 0.5) is 5.69 Å². The maximum absolute atomic E-state index is 12.6. The molecule has 0 fully saturated rings. The quantitative estimate of drug-likeness (QED) is 0.755. The first-order valence-electron chi connectivity index (χ1n) is 8.18. The number of nitrogens with one attached hydrogen (secondary N) is 1. The molecule has 0 radical (unpaired) electrons. The molecule has 0 saturated carbocycles. The lowest BCUT2D eigenvalue weighted by molar-refractivity contribution is -0.117. The number of anilines is 1. The molecule has 0 aliphatic carbocycles. The van der Waals surface area contributed by atoms with Crippen LogP contribution < -0.4 is 11.1 Å². The molecule has 2 unspecified atom stereocenters. The van der Waals surface area contributed by atoms with E-state index in [4.69, 9.17) is 5.73 Å². The topological polar surface area (TPSA) is 78.2 Å². The Kier molecular flexibility index (Phi) is 6.85. The Bertz CT molecular complexity index is 654. The van der Waals surface area contributed by atoms with Gasteiger partial charge in [-0.1, -0.05) is 25.5 Å². The van der Waals surface area contributed by atoms with Gasteiger partial charge in [0.2, 0.25) is 5.91 Å². The zero-order chi connectivity index (χ0) is 17.5. The highest BCUT2D eigenvalue weighted by Crippen LogP contribution is 2.23. The summed E-state index contributed by atoms with van der Waals surface area (Å²) in [5.74, 6) is -0.244. The van der Waals surface area contributed by atoms with Crippen LogP contribution in [0, 0.1) is 0 Å². The fourth-order valence-corrected chi connectivity index (χ4v) is 3.25. The predicted octanol–water partition coefficient (Wildman–Crippen LogP) is 3.48. The first kappa shape index (κ1) is 18.5. The summed E-state index contributed by atoms with van der Waals surface area (Å²) in [6, 6.07) is 14.4. The maximum Gasteiger partial charge on any atom is 0.240 e. The van der Waals surface area contributed by atoms with Gasteiger partial charge < -0.3 is 15.6 Å². The minimum Gasteiger partial charge on any atom is -0.606 e. The number of unbranched alkanes of at least 4 members (excludes halogenated alkanes) is 1. The van der Waals surface area contributed by atoms with Crippen LogP contribution in [0.3, 0.4) is 0 Å². The van der Waals surface area contributed by atoms with E-state index in [0.717, 1.165) is 17.7 Å². The van der Waals surface area contributed by atoms with Crippen molar-refractivity contribution in [1.29, 1.82) is 0 Å². The molecule has 0 bridgehead atoms. The lowest BCUT2D eigenvalue weighted by atomic mass is 10.1. The Morgan fingerprint density at radius 3 is 2.17 bits per heavy atom. The molecule has 0 aromatic heterocycles. The van der Waals surface area contributed by atoms with Crippen molar-refractivity contribution in [2.24, 2.45) is 5.73 Å². The SMILES string of the molecule is CCCCc1ccc([S+]([O-])c2ccc(NC(=O)C(C)N)cc2)cc1. The highest BCUT2D eigenvalue weighted by molar-refractivity contribution is 7.91. The third-order valence-corrected chi connectivity index (χ3v) is 5.11. The molecule has 2 atom stereocenters. The van der Waals surface area contributed by atoms with Gasteiger partial charge in [-0.05, 0) is 61.7 Å². The van der Waals surface area contributed by atoms with Gasteiger partial charge in [-0.3, -0.25) is 4.79 Å². The summed E-state index contributed by atoms with van der Waals surface area (Å²) in [6.45, 7) is 3.80. The fraction of sp³-hybridized carbons (Fsp3) is 0.316. The second-order valence-corrected chi connectivity index (χ2v) is 7.30. The van der Waals surface area contributed by atoms with Crippen molar-refractivity contribution in [3.63, 3.8) is 0 Å². The smallest absolute Gasteiger partial charge is 0.240 e. The third-order valence-electron chi connectivity index (χ3n) is 3.71. The van der Waals surface area contributed by atoms with E-state index in [1.807, 2.05) is 24.3 Å². The average Bonchev–Trinajstić information content (AvgIpc) is 2.60. The Labute approximate surface area is 146 Å². The van der Waals surface area contributed by atoms with Crippen LogP contribution in [-0.4, -0.2) is 16.5 Å². The van der Waals surface area contributed by atoms with Crippen molar-refractivity contribution in [3.8, 4) is 0 Å². The molecule has 2 aromatic carbocycles. The minimum absolute atomic E-state index is 0.244. The number of aryl methyl sites for hydroxylation is 1. The molecule has 1 amide bonds. The van der Waals surface area contributed by atoms with Crippen molar-refractivity contribution >= 4 is 22.8 Å². The molecule has 0 heterocycles. The lowest BCUT2D eigenvalue weighted by Gasteiger charge is -2.12. The number of nitrogens with two attached hydrogens (primary N) is 1. The molecule has 0 saturated heterocycles. The molecule has 4 nitrogen and oxygen atoms in total. The van der Waals surface area contributed by atoms with Gasteiger partial charge >= 0.3 is 0 Å². The summed E-state index contributed by atoms with van der Waals surface area (Å²) < 4.78 is 12.6. The number of hydrogen-bond acceptors (Lipinski definition) is 3. The zero-order valence-corrected chi connectivity index (χ0v) is 14.9. The highest BCUT2D eigenvalue weighted by atomic mass is 32.2. The summed E-state index contributed by atoms with van der Waals surface area (Å²) >= 11 is -1.23. The van der Waals surface area contributed by atoms with Crippen molar-refractivity contribution in [2.45, 2.75) is 48.9 Å².